The number of aromatic nitrogens is 5. The molecule has 2 aliphatic rings. The van der Waals surface area contributed by atoms with Crippen molar-refractivity contribution in [1.82, 2.24) is 40.7 Å². The van der Waals surface area contributed by atoms with Gasteiger partial charge in [-0.15, -0.1) is 22.0 Å². The average molecular weight is 553 g/mol. The molecule has 0 bridgehead atoms. The molecule has 3 atom stereocenters. The number of nitrogens with zero attached hydrogens (tertiary/aromatic N) is 7. The molecule has 4 heterocycles. The Bertz CT molecular complexity index is 1230. The molecule has 37 heavy (non-hydrogen) atoms. The lowest BCUT2D eigenvalue weighted by atomic mass is 10.00. The SMILES string of the molecule is CO/N=C(\C(=O)N[C@@H]1C(=O)N2C(C(=O)O)=C(C(CCN(C)C)Sc3nn[nH]n3)CS[C@H]12)c1coc(N)n1. The smallest absolute Gasteiger partial charge is 0.352 e. The third kappa shape index (κ3) is 5.54. The largest absolute Gasteiger partial charge is 0.477 e. The molecule has 198 valence electrons. The fraction of sp³-hybridized carbons (Fsp3) is 0.474. The number of carbonyl (C=O) groups is 3. The van der Waals surface area contributed by atoms with Crippen LogP contribution in [-0.4, -0.2) is 114 Å². The number of nitrogens with one attached hydrogen (secondary N) is 2. The quantitative estimate of drug-likeness (QED) is 0.113. The van der Waals surface area contributed by atoms with Crippen molar-refractivity contribution < 1.29 is 28.7 Å². The minimum Gasteiger partial charge on any atom is -0.477 e. The van der Waals surface area contributed by atoms with E-state index in [2.05, 4.69) is 36.1 Å². The number of carboxylic acids is 1. The summed E-state index contributed by atoms with van der Waals surface area (Å²) in [5.74, 6) is -2.23. The predicted molar refractivity (Wildman–Crippen MR) is 131 cm³/mol. The van der Waals surface area contributed by atoms with Crippen LogP contribution in [-0.2, 0) is 19.2 Å². The Morgan fingerprint density at radius 3 is 2.89 bits per heavy atom. The molecule has 0 radical (unpaired) electrons. The molecule has 4 rings (SSSR count). The Hall–Kier alpha value is -3.64. The fourth-order valence-electron chi connectivity index (χ4n) is 3.80. The molecule has 0 aliphatic carbocycles. The second-order valence-electron chi connectivity index (χ2n) is 8.13. The number of oxazole rings is 1. The lowest BCUT2D eigenvalue weighted by molar-refractivity contribution is -0.150. The lowest BCUT2D eigenvalue weighted by Crippen LogP contribution is -2.71. The van der Waals surface area contributed by atoms with E-state index in [1.807, 2.05) is 19.0 Å². The van der Waals surface area contributed by atoms with Gasteiger partial charge in [-0.2, -0.15) is 10.2 Å². The highest BCUT2D eigenvalue weighted by Gasteiger charge is 2.55. The summed E-state index contributed by atoms with van der Waals surface area (Å²) in [5.41, 5.74) is 5.72. The summed E-state index contributed by atoms with van der Waals surface area (Å²) >= 11 is 2.62. The molecule has 0 aromatic carbocycles. The highest BCUT2D eigenvalue weighted by Crippen LogP contribution is 2.44. The standard InChI is InChI=1S/C19H24N10O6S2/c1-28(2)5-4-10(37-19-23-26-27-24-19)8-7-36-16-12(15(31)29(16)13(8)17(32)33)22-14(30)11(25-34-3)9-6-35-18(20)21-9/h6,10,12,16H,4-5,7H2,1-3H3,(H2,20,21)(H,22,30)(H,32,33)(H,23,24,26,27)/b25-11-/t10?,12-,16-/m1/s1. The van der Waals surface area contributed by atoms with Crippen LogP contribution in [0.25, 0.3) is 0 Å². The van der Waals surface area contributed by atoms with Crippen LogP contribution in [0.4, 0.5) is 6.01 Å². The van der Waals surface area contributed by atoms with E-state index in [9.17, 15) is 19.5 Å². The highest BCUT2D eigenvalue weighted by atomic mass is 32.2. The fourth-order valence-corrected chi connectivity index (χ4v) is 6.33. The number of tetrazole rings is 1. The summed E-state index contributed by atoms with van der Waals surface area (Å²) in [6.07, 6.45) is 1.72. The molecule has 5 N–H and O–H groups in total. The number of H-pyrrole nitrogens is 1. The van der Waals surface area contributed by atoms with E-state index in [-0.39, 0.29) is 28.4 Å². The molecule has 16 nitrogen and oxygen atoms in total. The number of hydrogen-bond acceptors (Lipinski definition) is 14. The van der Waals surface area contributed by atoms with E-state index in [4.69, 9.17) is 15.0 Å². The van der Waals surface area contributed by atoms with E-state index in [1.165, 1.54) is 35.5 Å². The van der Waals surface area contributed by atoms with Crippen LogP contribution in [0, 0.1) is 0 Å². The van der Waals surface area contributed by atoms with Crippen LogP contribution in [0.1, 0.15) is 12.1 Å². The van der Waals surface area contributed by atoms with Gasteiger partial charge in [0, 0.05) is 11.0 Å². The summed E-state index contributed by atoms with van der Waals surface area (Å²) < 4.78 is 4.92. The summed E-state index contributed by atoms with van der Waals surface area (Å²) in [6, 6.07) is -1.16. The first-order chi connectivity index (χ1) is 17.7. The molecular weight excluding hydrogens is 528 g/mol. The Morgan fingerprint density at radius 1 is 1.51 bits per heavy atom. The Morgan fingerprint density at radius 2 is 2.30 bits per heavy atom. The first-order valence-corrected chi connectivity index (χ1v) is 12.7. The van der Waals surface area contributed by atoms with Crippen molar-refractivity contribution in [2.45, 2.75) is 28.2 Å². The number of hydrogen-bond donors (Lipinski definition) is 4. The highest BCUT2D eigenvalue weighted by molar-refractivity contribution is 8.01. The van der Waals surface area contributed by atoms with Crippen LogP contribution in [0.5, 0.6) is 0 Å². The van der Waals surface area contributed by atoms with E-state index in [1.54, 1.807) is 0 Å². The number of oxime groups is 1. The van der Waals surface area contributed by atoms with Gasteiger partial charge in [-0.05, 0) is 37.8 Å². The molecule has 2 aromatic heterocycles. The maximum atomic E-state index is 13.1. The maximum Gasteiger partial charge on any atom is 0.352 e. The van der Waals surface area contributed by atoms with E-state index in [0.29, 0.717) is 29.4 Å². The van der Waals surface area contributed by atoms with Crippen LogP contribution in [0.3, 0.4) is 0 Å². The van der Waals surface area contributed by atoms with E-state index < -0.39 is 29.2 Å². The number of thioether (sulfide) groups is 2. The van der Waals surface area contributed by atoms with Crippen molar-refractivity contribution in [1.29, 1.82) is 0 Å². The number of aromatic amines is 1. The van der Waals surface area contributed by atoms with Crippen LogP contribution in [0.15, 0.2) is 32.3 Å². The van der Waals surface area contributed by atoms with Crippen molar-refractivity contribution >= 4 is 53.0 Å². The van der Waals surface area contributed by atoms with Crippen molar-refractivity contribution in [3.63, 3.8) is 0 Å². The summed E-state index contributed by atoms with van der Waals surface area (Å²) in [6.45, 7) is 0.667. The summed E-state index contributed by atoms with van der Waals surface area (Å²) in [4.78, 5) is 50.2. The molecule has 18 heteroatoms. The van der Waals surface area contributed by atoms with Crippen molar-refractivity contribution in [3.05, 3.63) is 23.2 Å². The molecule has 1 unspecified atom stereocenters. The number of β-lactam (4-membered cyclic amide) rings is 1. The molecule has 0 spiro atoms. The Balaban J connectivity index is 1.56. The zero-order valence-corrected chi connectivity index (χ0v) is 21.6. The van der Waals surface area contributed by atoms with Gasteiger partial charge in [0.05, 0.1) is 0 Å². The van der Waals surface area contributed by atoms with Gasteiger partial charge in [0.15, 0.2) is 5.71 Å². The molecular formula is C19H24N10O6S2. The van der Waals surface area contributed by atoms with Crippen LogP contribution < -0.4 is 11.1 Å². The topological polar surface area (TPSA) is 218 Å². The number of rotatable bonds is 11. The Labute approximate surface area is 218 Å². The molecule has 2 aromatic rings. The van der Waals surface area contributed by atoms with Gasteiger partial charge in [-0.25, -0.2) is 4.79 Å². The van der Waals surface area contributed by atoms with Crippen molar-refractivity contribution in [2.24, 2.45) is 5.16 Å². The number of fused-ring (bicyclic) bond motifs is 1. The predicted octanol–water partition coefficient (Wildman–Crippen LogP) is -1.03. The minimum atomic E-state index is -1.23. The van der Waals surface area contributed by atoms with Gasteiger partial charge in [0.2, 0.25) is 5.16 Å². The van der Waals surface area contributed by atoms with Crippen molar-refractivity contribution in [3.8, 4) is 0 Å². The molecule has 1 saturated heterocycles. The number of aliphatic carboxylic acids is 1. The van der Waals surface area contributed by atoms with E-state index >= 15 is 0 Å². The maximum absolute atomic E-state index is 13.1. The third-order valence-electron chi connectivity index (χ3n) is 5.45. The normalized spacial score (nSPS) is 20.5. The molecule has 2 aliphatic heterocycles. The number of nitrogen functional groups attached to an aromatic ring is 1. The third-order valence-corrected chi connectivity index (χ3v) is 7.94. The molecule has 0 saturated carbocycles. The number of carboxylic acid groups (broad SMARTS) is 1. The second-order valence-corrected chi connectivity index (χ2v) is 10.4. The molecule has 2 amide bonds. The first kappa shape index (κ1) is 26.4. The number of anilines is 1. The second kappa shape index (κ2) is 11.2. The minimum absolute atomic E-state index is 0.0207. The van der Waals surface area contributed by atoms with Crippen LogP contribution >= 0.6 is 23.5 Å². The summed E-state index contributed by atoms with van der Waals surface area (Å²) in [5, 5.41) is 29.7. The van der Waals surface area contributed by atoms with Gasteiger partial charge in [0.25, 0.3) is 17.8 Å². The zero-order chi connectivity index (χ0) is 26.7. The lowest BCUT2D eigenvalue weighted by Gasteiger charge is -2.50. The monoisotopic (exact) mass is 552 g/mol. The Kier molecular flexibility index (Phi) is 7.98. The van der Waals surface area contributed by atoms with Crippen LogP contribution in [0.2, 0.25) is 0 Å². The van der Waals surface area contributed by atoms with Gasteiger partial charge in [-0.1, -0.05) is 16.9 Å². The average Bonchev–Trinajstić information content (AvgIpc) is 3.53. The number of nitrogens with two attached hydrogens (primary N) is 1. The zero-order valence-electron chi connectivity index (χ0n) is 19.9. The summed E-state index contributed by atoms with van der Waals surface area (Å²) in [7, 11) is 5.07. The van der Waals surface area contributed by atoms with Crippen molar-refractivity contribution in [2.75, 3.05) is 39.2 Å². The first-order valence-electron chi connectivity index (χ1n) is 10.8. The van der Waals surface area contributed by atoms with E-state index in [0.717, 1.165) is 6.26 Å². The van der Waals surface area contributed by atoms with Gasteiger partial charge in [0.1, 0.15) is 36.2 Å². The number of amides is 2. The molecule has 1 fully saturated rings. The van der Waals surface area contributed by atoms with Gasteiger partial charge in [-0.3, -0.25) is 14.5 Å². The number of carbonyl (C=O) groups excluding carboxylic acids is 2. The van der Waals surface area contributed by atoms with Gasteiger partial charge < -0.3 is 30.3 Å². The van der Waals surface area contributed by atoms with Gasteiger partial charge >= 0.3 is 5.97 Å².